The Morgan fingerprint density at radius 1 is 0.296 bits per heavy atom. The third-order valence-electron chi connectivity index (χ3n) is 11.0. The van der Waals surface area contributed by atoms with Gasteiger partial charge < -0.3 is 14.2 Å². The maximum Gasteiger partial charge on any atom is 0.306 e. The Balaban J connectivity index is 4.24. The van der Waals surface area contributed by atoms with Gasteiger partial charge in [-0.25, -0.2) is 0 Å². The van der Waals surface area contributed by atoms with Gasteiger partial charge in [0, 0.05) is 19.3 Å². The van der Waals surface area contributed by atoms with Crippen molar-refractivity contribution in [3.8, 4) is 0 Å². The minimum atomic E-state index is -0.808. The molecule has 1 unspecified atom stereocenters. The van der Waals surface area contributed by atoms with Crippen LogP contribution in [0.3, 0.4) is 0 Å². The highest BCUT2D eigenvalue weighted by molar-refractivity contribution is 5.71. The van der Waals surface area contributed by atoms with E-state index in [4.69, 9.17) is 14.2 Å². The lowest BCUT2D eigenvalue weighted by molar-refractivity contribution is -0.167. The van der Waals surface area contributed by atoms with Gasteiger partial charge in [0.05, 0.1) is 0 Å². The smallest absolute Gasteiger partial charge is 0.306 e. The van der Waals surface area contributed by atoms with Crippen LogP contribution in [0.4, 0.5) is 0 Å². The Morgan fingerprint density at radius 3 is 0.859 bits per heavy atom. The first-order valence-corrected chi connectivity index (χ1v) is 28.0. The minimum Gasteiger partial charge on any atom is -0.462 e. The number of ether oxygens (including phenoxy) is 3. The van der Waals surface area contributed by atoms with Crippen LogP contribution in [0.1, 0.15) is 213 Å². The zero-order valence-electron chi connectivity index (χ0n) is 45.2. The molecule has 0 aromatic heterocycles. The number of esters is 3. The first kappa shape index (κ1) is 66.0. The topological polar surface area (TPSA) is 78.9 Å². The largest absolute Gasteiger partial charge is 0.462 e. The van der Waals surface area contributed by atoms with Crippen molar-refractivity contribution in [2.75, 3.05) is 13.2 Å². The van der Waals surface area contributed by atoms with Gasteiger partial charge in [-0.2, -0.15) is 0 Å². The summed E-state index contributed by atoms with van der Waals surface area (Å²) >= 11 is 0. The molecular formula is C65H100O6. The normalized spacial score (nSPS) is 13.3. The Labute approximate surface area is 435 Å². The van der Waals surface area contributed by atoms with Crippen LogP contribution in [0.15, 0.2) is 158 Å². The molecule has 71 heavy (non-hydrogen) atoms. The number of carbonyl (C=O) groups is 3. The summed E-state index contributed by atoms with van der Waals surface area (Å²) in [6.45, 7) is 6.25. The van der Waals surface area contributed by atoms with Crippen LogP contribution < -0.4 is 0 Å². The molecule has 0 spiro atoms. The molecule has 0 heterocycles. The fourth-order valence-corrected chi connectivity index (χ4v) is 6.89. The van der Waals surface area contributed by atoms with Gasteiger partial charge in [-0.05, 0) is 128 Å². The number of carbonyl (C=O) groups excluding carboxylic acids is 3. The lowest BCUT2D eigenvalue weighted by Crippen LogP contribution is -2.30. The number of hydrogen-bond acceptors (Lipinski definition) is 6. The number of hydrogen-bond donors (Lipinski definition) is 0. The van der Waals surface area contributed by atoms with Crippen molar-refractivity contribution < 1.29 is 28.6 Å². The lowest BCUT2D eigenvalue weighted by atomic mass is 10.1. The predicted octanol–water partition coefficient (Wildman–Crippen LogP) is 19.0. The third-order valence-corrected chi connectivity index (χ3v) is 11.0. The van der Waals surface area contributed by atoms with Crippen molar-refractivity contribution in [3.63, 3.8) is 0 Å². The maximum atomic E-state index is 12.7. The van der Waals surface area contributed by atoms with Crippen LogP contribution in [-0.2, 0) is 28.6 Å². The fraction of sp³-hybridized carbons (Fsp3) is 0.554. The standard InChI is InChI=1S/C65H100O6/c1-4-7-10-13-15-17-19-21-23-25-26-27-28-29-30-31-32-33-34-35-36-37-38-40-41-43-45-47-49-52-55-58-64(67)70-61-62(60-69-63(66)57-54-51-12-9-6-3)71-65(68)59-56-53-50-48-46-44-42-39-24-22-20-18-16-14-11-8-5-2/h7-8,10-11,15-18,21-24,26-27,29-30,32-33,35-36,38,40,42-45,62H,4-6,9,12-14,19-20,25,28,31,34,37,39,41,46-61H2,1-3H3/b10-7-,11-8-,17-15-,18-16-,23-21-,24-22-,27-26-,30-29-,33-32-,36-35-,40-38-,44-42-,45-43-. The zero-order chi connectivity index (χ0) is 51.4. The van der Waals surface area contributed by atoms with Crippen molar-refractivity contribution >= 4 is 17.9 Å². The zero-order valence-corrected chi connectivity index (χ0v) is 45.2. The number of rotatable bonds is 48. The summed E-state index contributed by atoms with van der Waals surface area (Å²) in [5, 5.41) is 0. The average Bonchev–Trinajstić information content (AvgIpc) is 3.37. The molecule has 0 aromatic rings. The van der Waals surface area contributed by atoms with Crippen molar-refractivity contribution in [2.24, 2.45) is 0 Å². The molecule has 0 rings (SSSR count). The van der Waals surface area contributed by atoms with Gasteiger partial charge in [0.1, 0.15) is 13.2 Å². The molecule has 396 valence electrons. The molecule has 6 heteroatoms. The van der Waals surface area contributed by atoms with Crippen molar-refractivity contribution in [1.29, 1.82) is 0 Å². The van der Waals surface area contributed by atoms with E-state index in [1.54, 1.807) is 0 Å². The van der Waals surface area contributed by atoms with Crippen molar-refractivity contribution in [3.05, 3.63) is 158 Å². The monoisotopic (exact) mass is 977 g/mol. The Kier molecular flexibility index (Phi) is 53.6. The Hall–Kier alpha value is -4.97. The molecule has 0 fully saturated rings. The third kappa shape index (κ3) is 55.8. The molecule has 6 nitrogen and oxygen atoms in total. The highest BCUT2D eigenvalue weighted by Gasteiger charge is 2.19. The van der Waals surface area contributed by atoms with E-state index in [0.717, 1.165) is 173 Å². The van der Waals surface area contributed by atoms with E-state index >= 15 is 0 Å². The SMILES string of the molecule is CC/C=C\C/C=C\C/C=C\C/C=C\C/C=C\C/C=C\C/C=C\C/C=C\C/C=C\CCCCCC(=O)OCC(COC(=O)CCCCCCC)OC(=O)CCCCCC/C=C\C/C=C\C/C=C\C/C=C\CC. The van der Waals surface area contributed by atoms with Crippen LogP contribution in [-0.4, -0.2) is 37.2 Å². The molecule has 0 aliphatic heterocycles. The molecule has 0 saturated heterocycles. The Morgan fingerprint density at radius 2 is 0.549 bits per heavy atom. The molecule has 0 radical (unpaired) electrons. The fourth-order valence-electron chi connectivity index (χ4n) is 6.89. The second-order valence-corrected chi connectivity index (χ2v) is 17.7. The first-order chi connectivity index (χ1) is 35.0. The Bertz CT molecular complexity index is 1640. The van der Waals surface area contributed by atoms with E-state index in [0.29, 0.717) is 12.8 Å². The summed E-state index contributed by atoms with van der Waals surface area (Å²) in [6.07, 6.45) is 84.2. The molecular weight excluding hydrogens is 877 g/mol. The van der Waals surface area contributed by atoms with E-state index in [2.05, 4.69) is 179 Å². The lowest BCUT2D eigenvalue weighted by Gasteiger charge is -2.18. The van der Waals surface area contributed by atoms with Gasteiger partial charge in [0.15, 0.2) is 6.10 Å². The van der Waals surface area contributed by atoms with Gasteiger partial charge in [0.25, 0.3) is 0 Å². The average molecular weight is 978 g/mol. The van der Waals surface area contributed by atoms with Crippen LogP contribution in [0, 0.1) is 0 Å². The van der Waals surface area contributed by atoms with E-state index < -0.39 is 6.10 Å². The van der Waals surface area contributed by atoms with Crippen molar-refractivity contribution in [1.82, 2.24) is 0 Å². The molecule has 1 atom stereocenters. The summed E-state index contributed by atoms with van der Waals surface area (Å²) in [5.74, 6) is -0.991. The van der Waals surface area contributed by atoms with Gasteiger partial charge >= 0.3 is 17.9 Å². The van der Waals surface area contributed by atoms with Crippen LogP contribution in [0.5, 0.6) is 0 Å². The molecule has 0 aliphatic rings. The van der Waals surface area contributed by atoms with Gasteiger partial charge in [-0.1, -0.05) is 224 Å². The van der Waals surface area contributed by atoms with Crippen LogP contribution in [0.2, 0.25) is 0 Å². The molecule has 0 saturated carbocycles. The summed E-state index contributed by atoms with van der Waals surface area (Å²) in [5.41, 5.74) is 0. The highest BCUT2D eigenvalue weighted by Crippen LogP contribution is 2.12. The van der Waals surface area contributed by atoms with E-state index in [-0.39, 0.29) is 37.5 Å². The summed E-state index contributed by atoms with van der Waals surface area (Å²) in [6, 6.07) is 0. The van der Waals surface area contributed by atoms with Crippen molar-refractivity contribution in [2.45, 2.75) is 219 Å². The van der Waals surface area contributed by atoms with E-state index in [1.165, 1.54) is 0 Å². The molecule has 0 aromatic carbocycles. The quantitative estimate of drug-likeness (QED) is 0.0262. The molecule has 0 bridgehead atoms. The minimum absolute atomic E-state index is 0.106. The number of unbranched alkanes of at least 4 members (excludes halogenated alkanes) is 11. The van der Waals surface area contributed by atoms with E-state index in [9.17, 15) is 14.4 Å². The predicted molar refractivity (Wildman–Crippen MR) is 306 cm³/mol. The second kappa shape index (κ2) is 57.6. The number of allylic oxidation sites excluding steroid dienone is 26. The highest BCUT2D eigenvalue weighted by atomic mass is 16.6. The van der Waals surface area contributed by atoms with Gasteiger partial charge in [-0.3, -0.25) is 14.4 Å². The van der Waals surface area contributed by atoms with E-state index in [1.807, 2.05) is 0 Å². The molecule has 0 N–H and O–H groups in total. The summed E-state index contributed by atoms with van der Waals surface area (Å²) < 4.78 is 16.6. The molecule has 0 amide bonds. The van der Waals surface area contributed by atoms with Crippen LogP contribution >= 0.6 is 0 Å². The second-order valence-electron chi connectivity index (χ2n) is 17.7. The van der Waals surface area contributed by atoms with Gasteiger partial charge in [0.2, 0.25) is 0 Å². The van der Waals surface area contributed by atoms with Crippen LogP contribution in [0.25, 0.3) is 0 Å². The first-order valence-electron chi connectivity index (χ1n) is 28.0. The summed E-state index contributed by atoms with van der Waals surface area (Å²) in [7, 11) is 0. The maximum absolute atomic E-state index is 12.7. The van der Waals surface area contributed by atoms with Gasteiger partial charge in [-0.15, -0.1) is 0 Å². The summed E-state index contributed by atoms with van der Waals surface area (Å²) in [4.78, 5) is 37.7. The molecule has 0 aliphatic carbocycles.